The van der Waals surface area contributed by atoms with E-state index < -0.39 is 29.0 Å². The van der Waals surface area contributed by atoms with Crippen molar-refractivity contribution < 1.29 is 31.9 Å². The predicted octanol–water partition coefficient (Wildman–Crippen LogP) is 6.33. The van der Waals surface area contributed by atoms with Crippen LogP contribution < -0.4 is 15.2 Å². The van der Waals surface area contributed by atoms with Crippen LogP contribution in [0.1, 0.15) is 34.0 Å². The first-order chi connectivity index (χ1) is 17.6. The van der Waals surface area contributed by atoms with E-state index in [9.17, 15) is 32.3 Å². The Morgan fingerprint density at radius 1 is 1.03 bits per heavy atom. The number of alkyl halides is 3. The number of hydrogen-bond acceptors (Lipinski definition) is 5. The number of benzene rings is 3. The van der Waals surface area contributed by atoms with Crippen molar-refractivity contribution in [2.45, 2.75) is 26.2 Å². The summed E-state index contributed by atoms with van der Waals surface area (Å²) in [6, 6.07) is 13.0. The summed E-state index contributed by atoms with van der Waals surface area (Å²) in [7, 11) is 0. The molecule has 6 nitrogen and oxygen atoms in total. The molecule has 4 aromatic rings. The molecule has 0 atom stereocenters. The van der Waals surface area contributed by atoms with Crippen LogP contribution >= 0.6 is 0 Å². The molecule has 3 aromatic carbocycles. The van der Waals surface area contributed by atoms with Crippen molar-refractivity contribution in [1.29, 1.82) is 0 Å². The normalized spacial score (nSPS) is 13.2. The number of nitrogens with zero attached hydrogens (tertiary/aromatic N) is 2. The molecule has 0 amide bonds. The molecule has 0 fully saturated rings. The summed E-state index contributed by atoms with van der Waals surface area (Å²) >= 11 is 0. The quantitative estimate of drug-likeness (QED) is 0.315. The Morgan fingerprint density at radius 2 is 1.76 bits per heavy atom. The zero-order valence-corrected chi connectivity index (χ0v) is 19.5. The molecule has 0 saturated carbocycles. The maximum absolute atomic E-state index is 13.8. The van der Waals surface area contributed by atoms with Gasteiger partial charge in [0, 0.05) is 25.7 Å². The van der Waals surface area contributed by atoms with Crippen LogP contribution in [0.4, 0.5) is 34.8 Å². The molecule has 0 unspecified atom stereocenters. The van der Waals surface area contributed by atoms with Gasteiger partial charge >= 0.3 is 12.1 Å². The summed E-state index contributed by atoms with van der Waals surface area (Å²) in [6.07, 6.45) is -4.76. The Hall–Kier alpha value is -4.34. The summed E-state index contributed by atoms with van der Waals surface area (Å²) in [4.78, 5) is 28.0. The van der Waals surface area contributed by atoms with E-state index in [1.807, 2.05) is 0 Å². The van der Waals surface area contributed by atoms with Crippen LogP contribution in [0.25, 0.3) is 11.0 Å². The molecular weight excluding hydrogens is 492 g/mol. The number of carboxylic acids is 1. The molecule has 0 bridgehead atoms. The molecule has 0 spiro atoms. The summed E-state index contributed by atoms with van der Waals surface area (Å²) in [5.41, 5.74) is -0.384. The molecule has 10 heteroatoms. The van der Waals surface area contributed by atoms with Crippen LogP contribution in [0.5, 0.6) is 0 Å². The molecule has 190 valence electrons. The number of rotatable bonds is 5. The van der Waals surface area contributed by atoms with Crippen molar-refractivity contribution in [3.05, 3.63) is 99.0 Å². The summed E-state index contributed by atoms with van der Waals surface area (Å²) in [5, 5.41) is 9.39. The van der Waals surface area contributed by atoms with Gasteiger partial charge in [-0.3, -0.25) is 4.79 Å². The van der Waals surface area contributed by atoms with E-state index in [4.69, 9.17) is 4.42 Å². The largest absolute Gasteiger partial charge is 0.478 e. The molecular formula is C27H20F4N2O4. The van der Waals surface area contributed by atoms with Gasteiger partial charge in [-0.2, -0.15) is 13.2 Å². The molecule has 1 aliphatic heterocycles. The number of halogens is 4. The van der Waals surface area contributed by atoms with Crippen LogP contribution in [0.3, 0.4) is 0 Å². The summed E-state index contributed by atoms with van der Waals surface area (Å²) in [6.45, 7) is 2.30. The molecule has 0 radical (unpaired) electrons. The standard InChI is InChI=1S/C27H20F4N2O4/c1-2-33(21-6-4-3-5-19(21)26(35)36)22-11-17(27(29,30)31)10-20-23(34)12-24(37-25(20)22)32-13-15-7-8-18(28)9-16(15)14-32/h3-12H,2,13-14H2,1H3,(H,35,36). The number of fused-ring (bicyclic) bond motifs is 2. The first-order valence-corrected chi connectivity index (χ1v) is 11.4. The third-order valence-electron chi connectivity index (χ3n) is 6.36. The minimum absolute atomic E-state index is 0.0864. The van der Waals surface area contributed by atoms with Crippen LogP contribution in [0, 0.1) is 5.82 Å². The van der Waals surface area contributed by atoms with Gasteiger partial charge in [-0.1, -0.05) is 18.2 Å². The fourth-order valence-corrected chi connectivity index (χ4v) is 4.63. The second-order valence-corrected chi connectivity index (χ2v) is 8.65. The van der Waals surface area contributed by atoms with Crippen molar-refractivity contribution in [2.24, 2.45) is 0 Å². The minimum atomic E-state index is -4.76. The fraction of sp³-hybridized carbons (Fsp3) is 0.185. The van der Waals surface area contributed by atoms with Gasteiger partial charge in [0.25, 0.3) is 0 Å². The Morgan fingerprint density at radius 3 is 2.46 bits per heavy atom. The molecule has 0 aliphatic carbocycles. The monoisotopic (exact) mass is 512 g/mol. The van der Waals surface area contributed by atoms with Gasteiger partial charge in [-0.15, -0.1) is 0 Å². The molecule has 1 N–H and O–H groups in total. The Balaban J connectivity index is 1.73. The zero-order chi connectivity index (χ0) is 26.5. The van der Waals surface area contributed by atoms with Crippen molar-refractivity contribution >= 4 is 34.2 Å². The van der Waals surface area contributed by atoms with Crippen molar-refractivity contribution in [1.82, 2.24) is 0 Å². The van der Waals surface area contributed by atoms with E-state index in [1.165, 1.54) is 35.2 Å². The van der Waals surface area contributed by atoms with E-state index in [1.54, 1.807) is 24.0 Å². The second-order valence-electron chi connectivity index (χ2n) is 8.65. The maximum atomic E-state index is 13.8. The van der Waals surface area contributed by atoms with Crippen LogP contribution in [-0.2, 0) is 19.3 Å². The van der Waals surface area contributed by atoms with Gasteiger partial charge in [-0.25, -0.2) is 9.18 Å². The highest BCUT2D eigenvalue weighted by Gasteiger charge is 2.34. The topological polar surface area (TPSA) is 74.0 Å². The maximum Gasteiger partial charge on any atom is 0.416 e. The number of aromatic carboxylic acids is 1. The average molecular weight is 512 g/mol. The minimum Gasteiger partial charge on any atom is -0.478 e. The van der Waals surface area contributed by atoms with Crippen molar-refractivity contribution in [3.8, 4) is 0 Å². The average Bonchev–Trinajstić information content (AvgIpc) is 3.27. The molecule has 2 heterocycles. The number of carbonyl (C=O) groups is 1. The van der Waals surface area contributed by atoms with E-state index in [0.29, 0.717) is 12.1 Å². The molecule has 5 rings (SSSR count). The van der Waals surface area contributed by atoms with Gasteiger partial charge in [0.1, 0.15) is 5.82 Å². The van der Waals surface area contributed by atoms with Crippen LogP contribution in [0.15, 0.2) is 69.9 Å². The smallest absolute Gasteiger partial charge is 0.416 e. The van der Waals surface area contributed by atoms with E-state index in [2.05, 4.69) is 0 Å². The van der Waals surface area contributed by atoms with E-state index in [-0.39, 0.29) is 46.9 Å². The highest BCUT2D eigenvalue weighted by atomic mass is 19.4. The van der Waals surface area contributed by atoms with Gasteiger partial charge < -0.3 is 19.3 Å². The van der Waals surface area contributed by atoms with Gasteiger partial charge in [0.05, 0.1) is 27.9 Å². The lowest BCUT2D eigenvalue weighted by molar-refractivity contribution is -0.137. The number of anilines is 3. The summed E-state index contributed by atoms with van der Waals surface area (Å²) in [5.74, 6) is -1.55. The fourth-order valence-electron chi connectivity index (χ4n) is 4.63. The highest BCUT2D eigenvalue weighted by Crippen LogP contribution is 2.41. The molecule has 1 aliphatic rings. The van der Waals surface area contributed by atoms with Gasteiger partial charge in [0.15, 0.2) is 11.0 Å². The third-order valence-corrected chi connectivity index (χ3v) is 6.36. The highest BCUT2D eigenvalue weighted by molar-refractivity contribution is 5.99. The summed E-state index contributed by atoms with van der Waals surface area (Å²) < 4.78 is 61.3. The van der Waals surface area contributed by atoms with E-state index >= 15 is 0 Å². The first-order valence-electron chi connectivity index (χ1n) is 11.4. The number of carboxylic acid groups (broad SMARTS) is 1. The van der Waals surface area contributed by atoms with Crippen molar-refractivity contribution in [2.75, 3.05) is 16.3 Å². The van der Waals surface area contributed by atoms with Gasteiger partial charge in [-0.05, 0) is 54.4 Å². The molecule has 37 heavy (non-hydrogen) atoms. The third kappa shape index (κ3) is 4.39. The lowest BCUT2D eigenvalue weighted by Gasteiger charge is -2.27. The first kappa shape index (κ1) is 24.4. The number of hydrogen-bond donors (Lipinski definition) is 1. The van der Waals surface area contributed by atoms with Crippen LogP contribution in [0.2, 0.25) is 0 Å². The van der Waals surface area contributed by atoms with Crippen molar-refractivity contribution in [3.63, 3.8) is 0 Å². The Kier molecular flexibility index (Phi) is 5.89. The lowest BCUT2D eigenvalue weighted by atomic mass is 10.1. The predicted molar refractivity (Wildman–Crippen MR) is 130 cm³/mol. The Bertz CT molecular complexity index is 1600. The van der Waals surface area contributed by atoms with E-state index in [0.717, 1.165) is 23.8 Å². The van der Waals surface area contributed by atoms with Gasteiger partial charge in [0.2, 0.25) is 5.88 Å². The molecule has 1 aromatic heterocycles. The Labute approximate surface area is 208 Å². The SMILES string of the molecule is CCN(c1ccccc1C(=O)O)c1cc(C(F)(F)F)cc2c(=O)cc(N3Cc4ccc(F)cc4C3)oc12. The number of para-hydroxylation sites is 1. The lowest BCUT2D eigenvalue weighted by Crippen LogP contribution is -2.22. The zero-order valence-electron chi connectivity index (χ0n) is 19.5. The molecule has 0 saturated heterocycles. The second kappa shape index (κ2) is 8.95. The van der Waals surface area contributed by atoms with Crippen LogP contribution in [-0.4, -0.2) is 17.6 Å².